The molecule has 0 nitrogen and oxygen atoms in total. The lowest BCUT2D eigenvalue weighted by Gasteiger charge is -2.02. The van der Waals surface area contributed by atoms with Crippen LogP contribution in [0.15, 0.2) is 11.1 Å². The standard InChI is InChI=1S/C8H15Cl/c1-4-7(3)8(5-2)6-9/h4-6H2,1-3H3/b8-7+. The molecule has 0 heterocycles. The summed E-state index contributed by atoms with van der Waals surface area (Å²) in [7, 11) is 0. The van der Waals surface area contributed by atoms with Crippen LogP contribution in [-0.4, -0.2) is 5.88 Å². The molecule has 0 aliphatic carbocycles. The van der Waals surface area contributed by atoms with Crippen LogP contribution in [0.4, 0.5) is 0 Å². The second-order valence-electron chi connectivity index (χ2n) is 2.22. The van der Waals surface area contributed by atoms with E-state index in [0.29, 0.717) is 5.88 Å². The van der Waals surface area contributed by atoms with Gasteiger partial charge in [0.25, 0.3) is 0 Å². The molecule has 0 unspecified atom stereocenters. The quantitative estimate of drug-likeness (QED) is 0.423. The zero-order valence-electron chi connectivity index (χ0n) is 6.50. The summed E-state index contributed by atoms with van der Waals surface area (Å²) < 4.78 is 0. The van der Waals surface area contributed by atoms with Crippen LogP contribution < -0.4 is 0 Å². The largest absolute Gasteiger partial charge is 0.122 e. The molecule has 0 rings (SSSR count). The highest BCUT2D eigenvalue weighted by Gasteiger charge is 1.94. The van der Waals surface area contributed by atoms with E-state index in [4.69, 9.17) is 11.6 Å². The first-order valence-corrected chi connectivity index (χ1v) is 4.03. The van der Waals surface area contributed by atoms with Crippen LogP contribution in [0.2, 0.25) is 0 Å². The minimum Gasteiger partial charge on any atom is -0.122 e. The summed E-state index contributed by atoms with van der Waals surface area (Å²) >= 11 is 5.68. The van der Waals surface area contributed by atoms with Crippen LogP contribution in [-0.2, 0) is 0 Å². The second-order valence-corrected chi connectivity index (χ2v) is 2.49. The lowest BCUT2D eigenvalue weighted by atomic mass is 10.1. The van der Waals surface area contributed by atoms with Crippen LogP contribution in [0.3, 0.4) is 0 Å². The van der Waals surface area contributed by atoms with Gasteiger partial charge in [0.15, 0.2) is 0 Å². The van der Waals surface area contributed by atoms with Crippen molar-refractivity contribution in [1.29, 1.82) is 0 Å². The molecule has 0 fully saturated rings. The Morgan fingerprint density at radius 3 is 1.89 bits per heavy atom. The maximum Gasteiger partial charge on any atom is 0.0435 e. The summed E-state index contributed by atoms with van der Waals surface area (Å²) in [6.45, 7) is 6.47. The molecule has 1 heteroatoms. The molecule has 0 aromatic heterocycles. The van der Waals surface area contributed by atoms with Crippen LogP contribution >= 0.6 is 11.6 Å². The van der Waals surface area contributed by atoms with Gasteiger partial charge in [-0.05, 0) is 19.8 Å². The number of hydrogen-bond acceptors (Lipinski definition) is 0. The molecule has 0 bridgehead atoms. The first-order chi connectivity index (χ1) is 4.26. The molecule has 9 heavy (non-hydrogen) atoms. The molecule has 0 aromatic carbocycles. The average molecular weight is 147 g/mol. The van der Waals surface area contributed by atoms with Gasteiger partial charge >= 0.3 is 0 Å². The van der Waals surface area contributed by atoms with E-state index in [0.717, 1.165) is 12.8 Å². The lowest BCUT2D eigenvalue weighted by molar-refractivity contribution is 0.988. The van der Waals surface area contributed by atoms with E-state index >= 15 is 0 Å². The van der Waals surface area contributed by atoms with E-state index in [9.17, 15) is 0 Å². The van der Waals surface area contributed by atoms with Gasteiger partial charge in [0.2, 0.25) is 0 Å². The van der Waals surface area contributed by atoms with Crippen molar-refractivity contribution in [2.75, 3.05) is 5.88 Å². The molecule has 0 atom stereocenters. The Kier molecular flexibility index (Phi) is 4.88. The van der Waals surface area contributed by atoms with Gasteiger partial charge < -0.3 is 0 Å². The molecular weight excluding hydrogens is 132 g/mol. The number of allylic oxidation sites excluding steroid dienone is 2. The maximum atomic E-state index is 5.68. The highest BCUT2D eigenvalue weighted by molar-refractivity contribution is 6.19. The van der Waals surface area contributed by atoms with Gasteiger partial charge in [0.05, 0.1) is 0 Å². The van der Waals surface area contributed by atoms with E-state index in [-0.39, 0.29) is 0 Å². The third-order valence-electron chi connectivity index (χ3n) is 1.72. The van der Waals surface area contributed by atoms with E-state index in [1.165, 1.54) is 11.1 Å². The predicted octanol–water partition coefficient (Wildman–Crippen LogP) is 3.36. The van der Waals surface area contributed by atoms with Gasteiger partial charge in [-0.25, -0.2) is 0 Å². The summed E-state index contributed by atoms with van der Waals surface area (Å²) in [5.41, 5.74) is 2.85. The van der Waals surface area contributed by atoms with Crippen molar-refractivity contribution in [3.63, 3.8) is 0 Å². The summed E-state index contributed by atoms with van der Waals surface area (Å²) in [6.07, 6.45) is 2.24. The zero-order valence-corrected chi connectivity index (χ0v) is 7.26. The Labute approximate surface area is 62.9 Å². The fraction of sp³-hybridized carbons (Fsp3) is 0.750. The summed E-state index contributed by atoms with van der Waals surface area (Å²) in [4.78, 5) is 0. The van der Waals surface area contributed by atoms with Crippen LogP contribution in [0.1, 0.15) is 33.6 Å². The lowest BCUT2D eigenvalue weighted by Crippen LogP contribution is -1.87. The first-order valence-electron chi connectivity index (χ1n) is 3.49. The second kappa shape index (κ2) is 4.87. The summed E-state index contributed by atoms with van der Waals surface area (Å²) in [5, 5.41) is 0. The molecule has 54 valence electrons. The Balaban J connectivity index is 4.01. The Morgan fingerprint density at radius 2 is 1.78 bits per heavy atom. The van der Waals surface area contributed by atoms with Crippen molar-refractivity contribution in [3.05, 3.63) is 11.1 Å². The third-order valence-corrected chi connectivity index (χ3v) is 2.04. The Hall–Kier alpha value is 0.0300. The molecule has 0 spiro atoms. The molecule has 0 aromatic rings. The molecule has 0 aliphatic heterocycles. The number of alkyl halides is 1. The zero-order chi connectivity index (χ0) is 7.28. The van der Waals surface area contributed by atoms with Gasteiger partial charge in [-0.3, -0.25) is 0 Å². The molecule has 0 aliphatic rings. The van der Waals surface area contributed by atoms with Crippen molar-refractivity contribution in [3.8, 4) is 0 Å². The smallest absolute Gasteiger partial charge is 0.0435 e. The highest BCUT2D eigenvalue weighted by atomic mass is 35.5. The minimum absolute atomic E-state index is 0.705. The number of rotatable bonds is 3. The van der Waals surface area contributed by atoms with Crippen LogP contribution in [0.25, 0.3) is 0 Å². The summed E-state index contributed by atoms with van der Waals surface area (Å²) in [6, 6.07) is 0. The van der Waals surface area contributed by atoms with Crippen LogP contribution in [0, 0.1) is 0 Å². The SMILES string of the molecule is CC/C(C)=C(\CC)CCl. The summed E-state index contributed by atoms with van der Waals surface area (Å²) in [5.74, 6) is 0.705. The molecule has 0 amide bonds. The molecule has 0 saturated carbocycles. The molecule has 0 N–H and O–H groups in total. The Morgan fingerprint density at radius 1 is 1.22 bits per heavy atom. The van der Waals surface area contributed by atoms with Crippen LogP contribution in [0.5, 0.6) is 0 Å². The van der Waals surface area contributed by atoms with Gasteiger partial charge in [-0.2, -0.15) is 0 Å². The minimum atomic E-state index is 0.705. The van der Waals surface area contributed by atoms with Crippen molar-refractivity contribution >= 4 is 11.6 Å². The van der Waals surface area contributed by atoms with Crippen molar-refractivity contribution < 1.29 is 0 Å². The van der Waals surface area contributed by atoms with Crippen molar-refractivity contribution in [1.82, 2.24) is 0 Å². The molecule has 0 radical (unpaired) electrons. The predicted molar refractivity (Wildman–Crippen MR) is 44.0 cm³/mol. The number of halogens is 1. The highest BCUT2D eigenvalue weighted by Crippen LogP contribution is 2.12. The molecular formula is C8H15Cl. The monoisotopic (exact) mass is 146 g/mol. The van der Waals surface area contributed by atoms with E-state index < -0.39 is 0 Å². The van der Waals surface area contributed by atoms with Gasteiger partial charge in [0.1, 0.15) is 0 Å². The van der Waals surface area contributed by atoms with Crippen molar-refractivity contribution in [2.24, 2.45) is 0 Å². The van der Waals surface area contributed by atoms with Gasteiger partial charge in [-0.1, -0.05) is 25.0 Å². The fourth-order valence-electron chi connectivity index (χ4n) is 0.760. The van der Waals surface area contributed by atoms with Gasteiger partial charge in [0, 0.05) is 5.88 Å². The van der Waals surface area contributed by atoms with Gasteiger partial charge in [-0.15, -0.1) is 11.6 Å². The molecule has 0 saturated heterocycles. The fourth-order valence-corrected chi connectivity index (χ4v) is 1.18. The first kappa shape index (κ1) is 9.03. The normalized spacial score (nSPS) is 13.3. The van der Waals surface area contributed by atoms with E-state index in [2.05, 4.69) is 20.8 Å². The topological polar surface area (TPSA) is 0 Å². The van der Waals surface area contributed by atoms with E-state index in [1.54, 1.807) is 0 Å². The number of hydrogen-bond donors (Lipinski definition) is 0. The van der Waals surface area contributed by atoms with E-state index in [1.807, 2.05) is 0 Å². The Bertz CT molecular complexity index is 97.1. The maximum absolute atomic E-state index is 5.68. The van der Waals surface area contributed by atoms with Crippen molar-refractivity contribution in [2.45, 2.75) is 33.6 Å². The third kappa shape index (κ3) is 2.90. The average Bonchev–Trinajstić information content (AvgIpc) is 1.90.